The van der Waals surface area contributed by atoms with Crippen molar-refractivity contribution >= 4 is 38.6 Å². The van der Waals surface area contributed by atoms with Crippen LogP contribution in [0.1, 0.15) is 19.3 Å². The quantitative estimate of drug-likeness (QED) is 0.295. The first-order chi connectivity index (χ1) is 17.6. The SMILES string of the molecule is C=C[C@@H]1C[C@]1(NCC[C@H]1C[C@@H](Oc2nc3ccccc3nc2-c2nc3ccccc3s2)CN1)C(=O)O. The molecule has 184 valence electrons. The van der Waals surface area contributed by atoms with E-state index in [1.165, 1.54) is 0 Å². The van der Waals surface area contributed by atoms with E-state index in [4.69, 9.17) is 19.7 Å². The van der Waals surface area contributed by atoms with Gasteiger partial charge in [0.25, 0.3) is 0 Å². The van der Waals surface area contributed by atoms with Crippen LogP contribution in [0.15, 0.2) is 61.2 Å². The third kappa shape index (κ3) is 4.23. The number of hydrogen-bond donors (Lipinski definition) is 3. The summed E-state index contributed by atoms with van der Waals surface area (Å²) in [6.07, 6.45) is 3.89. The minimum Gasteiger partial charge on any atom is -0.480 e. The summed E-state index contributed by atoms with van der Waals surface area (Å²) in [5.74, 6) is -0.310. The Hall–Kier alpha value is -3.40. The van der Waals surface area contributed by atoms with Crippen molar-refractivity contribution in [3.8, 4) is 16.6 Å². The fraction of sp³-hybridized carbons (Fsp3) is 0.333. The Morgan fingerprint density at radius 2 is 1.92 bits per heavy atom. The number of thiazole rings is 1. The minimum absolute atomic E-state index is 0.00460. The van der Waals surface area contributed by atoms with E-state index in [1.807, 2.05) is 42.5 Å². The minimum atomic E-state index is -0.844. The molecule has 0 bridgehead atoms. The van der Waals surface area contributed by atoms with E-state index in [0.717, 1.165) is 39.1 Å². The molecule has 3 N–H and O–H groups in total. The largest absolute Gasteiger partial charge is 0.480 e. The number of nitrogens with zero attached hydrogens (tertiary/aromatic N) is 3. The molecule has 4 atom stereocenters. The predicted molar refractivity (Wildman–Crippen MR) is 140 cm³/mol. The topological polar surface area (TPSA) is 109 Å². The lowest BCUT2D eigenvalue weighted by Crippen LogP contribution is -2.42. The summed E-state index contributed by atoms with van der Waals surface area (Å²) in [6, 6.07) is 16.0. The van der Waals surface area contributed by atoms with Crippen LogP contribution in [0.3, 0.4) is 0 Å². The van der Waals surface area contributed by atoms with Gasteiger partial charge in [-0.15, -0.1) is 17.9 Å². The van der Waals surface area contributed by atoms with Gasteiger partial charge < -0.3 is 20.5 Å². The first kappa shape index (κ1) is 23.0. The Morgan fingerprint density at radius 3 is 2.64 bits per heavy atom. The van der Waals surface area contributed by atoms with Crippen LogP contribution in [0.25, 0.3) is 32.0 Å². The van der Waals surface area contributed by atoms with Crippen LogP contribution in [0.2, 0.25) is 0 Å². The maximum Gasteiger partial charge on any atom is 0.324 e. The normalized spacial score (nSPS) is 25.3. The summed E-state index contributed by atoms with van der Waals surface area (Å²) in [5.41, 5.74) is 2.33. The molecule has 1 saturated heterocycles. The van der Waals surface area contributed by atoms with Gasteiger partial charge in [0.2, 0.25) is 5.88 Å². The number of hydrogen-bond acceptors (Lipinski definition) is 8. The van der Waals surface area contributed by atoms with Crippen molar-refractivity contribution in [3.05, 3.63) is 61.2 Å². The van der Waals surface area contributed by atoms with Crippen molar-refractivity contribution in [1.29, 1.82) is 0 Å². The average molecular weight is 502 g/mol. The number of benzene rings is 2. The molecule has 0 unspecified atom stereocenters. The molecule has 1 aliphatic heterocycles. The molecular formula is C27H27N5O3S. The molecule has 0 amide bonds. The molecule has 8 nitrogen and oxygen atoms in total. The van der Waals surface area contributed by atoms with Crippen molar-refractivity contribution in [1.82, 2.24) is 25.6 Å². The van der Waals surface area contributed by atoms with Crippen molar-refractivity contribution in [2.24, 2.45) is 5.92 Å². The Bertz CT molecular complexity index is 1420. The molecular weight excluding hydrogens is 474 g/mol. The lowest BCUT2D eigenvalue weighted by Gasteiger charge is -2.17. The third-order valence-corrected chi connectivity index (χ3v) is 8.15. The Balaban J connectivity index is 1.17. The van der Waals surface area contributed by atoms with Crippen molar-refractivity contribution in [3.63, 3.8) is 0 Å². The molecule has 2 fully saturated rings. The lowest BCUT2D eigenvalue weighted by atomic mass is 10.1. The van der Waals surface area contributed by atoms with Gasteiger partial charge in [-0.1, -0.05) is 30.3 Å². The zero-order chi connectivity index (χ0) is 24.7. The van der Waals surface area contributed by atoms with Gasteiger partial charge in [0.1, 0.15) is 16.7 Å². The van der Waals surface area contributed by atoms with E-state index >= 15 is 0 Å². The van der Waals surface area contributed by atoms with Crippen molar-refractivity contribution in [2.45, 2.75) is 36.9 Å². The highest BCUT2D eigenvalue weighted by Gasteiger charge is 2.58. The van der Waals surface area contributed by atoms with E-state index < -0.39 is 11.5 Å². The van der Waals surface area contributed by atoms with E-state index in [1.54, 1.807) is 17.4 Å². The Kier molecular flexibility index (Phi) is 5.91. The highest BCUT2D eigenvalue weighted by molar-refractivity contribution is 7.21. The van der Waals surface area contributed by atoms with Gasteiger partial charge >= 0.3 is 5.97 Å². The van der Waals surface area contributed by atoms with Gasteiger partial charge in [0, 0.05) is 24.9 Å². The first-order valence-corrected chi connectivity index (χ1v) is 13.0. The van der Waals surface area contributed by atoms with Gasteiger partial charge in [-0.3, -0.25) is 4.79 Å². The molecule has 0 radical (unpaired) electrons. The zero-order valence-electron chi connectivity index (χ0n) is 19.7. The van der Waals surface area contributed by atoms with E-state index in [0.29, 0.717) is 31.1 Å². The van der Waals surface area contributed by atoms with Crippen molar-refractivity contribution < 1.29 is 14.6 Å². The van der Waals surface area contributed by atoms with Crippen LogP contribution < -0.4 is 15.4 Å². The summed E-state index contributed by atoms with van der Waals surface area (Å²) in [4.78, 5) is 26.2. The van der Waals surface area contributed by atoms with Gasteiger partial charge in [-0.25, -0.2) is 15.0 Å². The second kappa shape index (κ2) is 9.24. The molecule has 9 heteroatoms. The van der Waals surface area contributed by atoms with Gasteiger partial charge in [0.05, 0.1) is 21.3 Å². The molecule has 0 spiro atoms. The summed E-state index contributed by atoms with van der Waals surface area (Å²) >= 11 is 1.58. The summed E-state index contributed by atoms with van der Waals surface area (Å²) in [5, 5.41) is 17.1. The fourth-order valence-corrected chi connectivity index (χ4v) is 5.94. The number of para-hydroxylation sites is 3. The van der Waals surface area contributed by atoms with Gasteiger partial charge in [-0.2, -0.15) is 0 Å². The standard InChI is InChI=1S/C27H27N5O3S/c1-2-16-14-27(16,26(33)34)29-12-11-17-13-18(15-28-17)35-24-23(30-19-7-3-4-8-20(19)31-24)25-32-21-9-5-6-10-22(21)36-25/h2-10,16-18,28-29H,1,11-15H2,(H,33,34)/t16-,17+,18-,27-/m1/s1. The number of aliphatic carboxylic acids is 1. The molecule has 4 aromatic rings. The van der Waals surface area contributed by atoms with Crippen LogP contribution in [0.5, 0.6) is 5.88 Å². The molecule has 2 aromatic heterocycles. The predicted octanol–water partition coefficient (Wildman–Crippen LogP) is 4.02. The number of rotatable bonds is 9. The van der Waals surface area contributed by atoms with Crippen LogP contribution in [-0.4, -0.2) is 56.8 Å². The number of ether oxygens (including phenoxy) is 1. The third-order valence-electron chi connectivity index (χ3n) is 7.11. The molecule has 1 aliphatic carbocycles. The highest BCUT2D eigenvalue weighted by Crippen LogP contribution is 2.44. The van der Waals surface area contributed by atoms with Crippen LogP contribution in [0.4, 0.5) is 0 Å². The highest BCUT2D eigenvalue weighted by atomic mass is 32.1. The van der Waals surface area contributed by atoms with Crippen LogP contribution in [0, 0.1) is 5.92 Å². The lowest BCUT2D eigenvalue weighted by molar-refractivity contribution is -0.141. The maximum absolute atomic E-state index is 11.7. The average Bonchev–Trinajstić information content (AvgIpc) is 3.19. The molecule has 6 rings (SSSR count). The number of carboxylic acid groups (broad SMARTS) is 1. The summed E-state index contributed by atoms with van der Waals surface area (Å²) in [6.45, 7) is 5.06. The van der Waals surface area contributed by atoms with E-state index in [-0.39, 0.29) is 18.1 Å². The van der Waals surface area contributed by atoms with Crippen molar-refractivity contribution in [2.75, 3.05) is 13.1 Å². The number of carboxylic acids is 1. The van der Waals surface area contributed by atoms with E-state index in [2.05, 4.69) is 23.3 Å². The zero-order valence-corrected chi connectivity index (χ0v) is 20.5. The fourth-order valence-electron chi connectivity index (χ4n) is 5.00. The number of aromatic nitrogens is 3. The Labute approximate surface area is 212 Å². The van der Waals surface area contributed by atoms with Gasteiger partial charge in [0.15, 0.2) is 5.69 Å². The smallest absolute Gasteiger partial charge is 0.324 e. The first-order valence-electron chi connectivity index (χ1n) is 12.2. The van der Waals surface area contributed by atoms with Gasteiger partial charge in [-0.05, 0) is 43.7 Å². The van der Waals surface area contributed by atoms with Crippen LogP contribution >= 0.6 is 11.3 Å². The molecule has 1 saturated carbocycles. The second-order valence-electron chi connectivity index (χ2n) is 9.47. The molecule has 2 aliphatic rings. The molecule has 3 heterocycles. The second-order valence-corrected chi connectivity index (χ2v) is 10.5. The van der Waals surface area contributed by atoms with Crippen LogP contribution in [-0.2, 0) is 4.79 Å². The van der Waals surface area contributed by atoms with E-state index in [9.17, 15) is 9.90 Å². The summed E-state index contributed by atoms with van der Waals surface area (Å²) < 4.78 is 7.52. The number of fused-ring (bicyclic) bond motifs is 2. The monoisotopic (exact) mass is 501 g/mol. The number of carbonyl (C=O) groups is 1. The maximum atomic E-state index is 11.7. The Morgan fingerprint density at radius 1 is 1.17 bits per heavy atom. The molecule has 36 heavy (non-hydrogen) atoms. The molecule has 2 aromatic carbocycles. The summed E-state index contributed by atoms with van der Waals surface area (Å²) in [7, 11) is 0. The number of nitrogens with one attached hydrogen (secondary N) is 2.